The Bertz CT molecular complexity index is 1580. The second-order valence-corrected chi connectivity index (χ2v) is 17.2. The van der Waals surface area contributed by atoms with Gasteiger partial charge in [-0.25, -0.2) is 4.68 Å². The average Bonchev–Trinajstić information content (AvgIpc) is 3.50. The molecule has 1 aliphatic rings. The maximum atomic E-state index is 13.9. The van der Waals surface area contributed by atoms with Crippen LogP contribution >= 0.6 is 43.0 Å². The Hall–Kier alpha value is -3.36. The van der Waals surface area contributed by atoms with Crippen LogP contribution in [0, 0.1) is 0 Å². The molecule has 2 heterocycles. The first kappa shape index (κ1) is 29.7. The molecule has 1 amide bonds. The number of nitrogens with zero attached hydrogens (tertiary/aromatic N) is 5. The van der Waals surface area contributed by atoms with Crippen LogP contribution in [0.2, 0.25) is 0 Å². The van der Waals surface area contributed by atoms with E-state index in [9.17, 15) is 4.79 Å². The number of hydrogen-bond acceptors (Lipinski definition) is 7. The van der Waals surface area contributed by atoms with Crippen LogP contribution < -0.4 is 15.9 Å². The fourth-order valence-corrected chi connectivity index (χ4v) is 13.3. The van der Waals surface area contributed by atoms with Crippen LogP contribution in [-0.4, -0.2) is 45.7 Å². The summed E-state index contributed by atoms with van der Waals surface area (Å²) in [5.41, 5.74) is 1.08. The van der Waals surface area contributed by atoms with E-state index in [0.717, 1.165) is 30.8 Å². The molecular weight excluding hydrogens is 610 g/mol. The Morgan fingerprint density at radius 3 is 1.86 bits per heavy atom. The van der Waals surface area contributed by atoms with Crippen molar-refractivity contribution in [1.29, 1.82) is 0 Å². The number of likely N-dealkylation sites (tertiary alicyclic amines) is 1. The van der Waals surface area contributed by atoms with E-state index in [1.54, 1.807) is 23.5 Å². The molecule has 5 aromatic rings. The van der Waals surface area contributed by atoms with E-state index >= 15 is 0 Å². The molecule has 2 atom stereocenters. The molecule has 10 heteroatoms. The van der Waals surface area contributed by atoms with Gasteiger partial charge in [0, 0.05) is 0 Å². The lowest BCUT2D eigenvalue weighted by atomic mass is 10.2. The van der Waals surface area contributed by atoms with Crippen LogP contribution in [0.4, 0.5) is 0 Å². The summed E-state index contributed by atoms with van der Waals surface area (Å²) in [6.07, 6.45) is 0.421. The Balaban J connectivity index is 1.64. The van der Waals surface area contributed by atoms with Gasteiger partial charge in [0.25, 0.3) is 0 Å². The van der Waals surface area contributed by atoms with Crippen LogP contribution in [0.1, 0.15) is 30.5 Å². The van der Waals surface area contributed by atoms with Crippen molar-refractivity contribution in [1.82, 2.24) is 25.1 Å². The molecule has 43 heavy (non-hydrogen) atoms. The van der Waals surface area contributed by atoms with Crippen LogP contribution in [0.3, 0.4) is 0 Å². The summed E-state index contributed by atoms with van der Waals surface area (Å²) in [5.74, 6) is 1.17. The molecule has 2 unspecified atom stereocenters. The molecule has 0 radical (unpaired) electrons. The van der Waals surface area contributed by atoms with Crippen molar-refractivity contribution in [3.8, 4) is 0 Å². The Morgan fingerprint density at radius 2 is 1.37 bits per heavy atom. The number of β-lactam (4-membered cyclic amide) rings is 1. The molecule has 0 spiro atoms. The van der Waals surface area contributed by atoms with Gasteiger partial charge in [-0.15, -0.1) is 16.9 Å². The fourth-order valence-electron chi connectivity index (χ4n) is 5.67. The third kappa shape index (κ3) is 5.92. The first-order valence-electron chi connectivity index (χ1n) is 14.1. The third-order valence-electron chi connectivity index (χ3n) is 7.53. The number of tetrazole rings is 1. The second-order valence-electron chi connectivity index (χ2n) is 10.0. The monoisotopic (exact) mass is 640 g/mol. The number of thiocarbonyl (C=S) groups is 1. The molecule has 1 fully saturated rings. The zero-order valence-electron chi connectivity index (χ0n) is 23.6. The van der Waals surface area contributed by atoms with E-state index in [2.05, 4.69) is 102 Å². The highest BCUT2D eigenvalue weighted by Crippen LogP contribution is 2.69. The molecular formula is C33H31N5OPS3+. The number of amides is 1. The molecule has 1 saturated heterocycles. The van der Waals surface area contributed by atoms with Crippen molar-refractivity contribution in [2.45, 2.75) is 31.0 Å². The maximum Gasteiger partial charge on any atom is 0.229 e. The van der Waals surface area contributed by atoms with Crippen LogP contribution in [0.5, 0.6) is 0 Å². The highest BCUT2D eigenvalue weighted by atomic mass is 32.2. The van der Waals surface area contributed by atoms with E-state index in [4.69, 9.17) is 17.3 Å². The minimum absolute atomic E-state index is 0.0771. The summed E-state index contributed by atoms with van der Waals surface area (Å²) in [5, 5.41) is 16.8. The number of aromatic nitrogens is 4. The van der Waals surface area contributed by atoms with Gasteiger partial charge in [0.1, 0.15) is 26.7 Å². The Morgan fingerprint density at radius 1 is 0.860 bits per heavy atom. The molecule has 1 aliphatic heterocycles. The van der Waals surface area contributed by atoms with Crippen molar-refractivity contribution in [2.75, 3.05) is 5.75 Å². The summed E-state index contributed by atoms with van der Waals surface area (Å²) < 4.78 is 2.71. The predicted molar refractivity (Wildman–Crippen MR) is 185 cm³/mol. The SMILES string of the molecule is CCSC(=S)SC1CC(=O)N1C(c1nnnn1Cc1ccccc1)[P+](c1ccccc1)(c1ccccc1)c1ccccc1. The molecule has 0 N–H and O–H groups in total. The number of carbonyl (C=O) groups excluding carboxylic acids is 1. The fraction of sp³-hybridized carbons (Fsp3) is 0.182. The van der Waals surface area contributed by atoms with Gasteiger partial charge >= 0.3 is 0 Å². The van der Waals surface area contributed by atoms with Crippen molar-refractivity contribution in [3.63, 3.8) is 0 Å². The highest BCUT2D eigenvalue weighted by molar-refractivity contribution is 8.47. The first-order valence-corrected chi connectivity index (χ1v) is 18.3. The number of hydrogen-bond donors (Lipinski definition) is 0. The van der Waals surface area contributed by atoms with Gasteiger partial charge in [0.15, 0.2) is 0 Å². The van der Waals surface area contributed by atoms with Crippen LogP contribution in [0.25, 0.3) is 0 Å². The summed E-state index contributed by atoms with van der Waals surface area (Å²) >= 11 is 8.99. The third-order valence-corrected chi connectivity index (χ3v) is 14.7. The molecule has 6 nitrogen and oxygen atoms in total. The number of carbonyl (C=O) groups is 1. The lowest BCUT2D eigenvalue weighted by Crippen LogP contribution is -2.56. The number of thioether (sulfide) groups is 2. The van der Waals surface area contributed by atoms with Crippen LogP contribution in [0.15, 0.2) is 121 Å². The summed E-state index contributed by atoms with van der Waals surface area (Å²) in [4.78, 5) is 16.0. The van der Waals surface area contributed by atoms with E-state index in [-0.39, 0.29) is 11.3 Å². The number of rotatable bonds is 10. The number of benzene rings is 4. The standard InChI is InChI=1S/C33H31N5OPS3/c1-2-42-33(41)43-30-23-29(39)38(30)32(31-34-35-36-37(31)24-25-15-7-3-8-16-25)40(26-17-9-4-10-18-26,27-19-11-5-12-20-27)28-21-13-6-14-22-28/h3-22,30,32H,2,23-24H2,1H3/q+1. The van der Waals surface area contributed by atoms with Crippen molar-refractivity contribution >= 4 is 68.4 Å². The highest BCUT2D eigenvalue weighted by Gasteiger charge is 2.62. The maximum absolute atomic E-state index is 13.9. The molecule has 0 bridgehead atoms. The van der Waals surface area contributed by atoms with Crippen LogP contribution in [-0.2, 0) is 11.3 Å². The molecule has 6 rings (SSSR count). The average molecular weight is 641 g/mol. The molecule has 0 saturated carbocycles. The minimum atomic E-state index is -2.66. The van der Waals surface area contributed by atoms with E-state index in [1.165, 1.54) is 0 Å². The van der Waals surface area contributed by atoms with Gasteiger partial charge < -0.3 is 0 Å². The Kier molecular flexibility index (Phi) is 9.34. The van der Waals surface area contributed by atoms with E-state index < -0.39 is 13.0 Å². The quantitative estimate of drug-likeness (QED) is 0.105. The topological polar surface area (TPSA) is 63.9 Å². The molecule has 1 aromatic heterocycles. The Labute approximate surface area is 266 Å². The van der Waals surface area contributed by atoms with Gasteiger partial charge in [-0.3, -0.25) is 9.69 Å². The minimum Gasteiger partial charge on any atom is -0.287 e. The van der Waals surface area contributed by atoms with E-state index in [1.807, 2.05) is 46.0 Å². The normalized spacial score (nSPS) is 15.6. The summed E-state index contributed by atoms with van der Waals surface area (Å²) in [7, 11) is -2.66. The van der Waals surface area contributed by atoms with Gasteiger partial charge in [0.2, 0.25) is 17.5 Å². The second kappa shape index (κ2) is 13.5. The zero-order valence-corrected chi connectivity index (χ0v) is 27.0. The van der Waals surface area contributed by atoms with E-state index in [0.29, 0.717) is 18.8 Å². The van der Waals surface area contributed by atoms with Gasteiger partial charge in [-0.2, -0.15) is 0 Å². The van der Waals surface area contributed by atoms with Crippen molar-refractivity contribution in [3.05, 3.63) is 133 Å². The zero-order chi connectivity index (χ0) is 29.6. The predicted octanol–water partition coefficient (Wildman–Crippen LogP) is 6.04. The van der Waals surface area contributed by atoms with Gasteiger partial charge in [-0.1, -0.05) is 116 Å². The van der Waals surface area contributed by atoms with Crippen molar-refractivity contribution < 1.29 is 4.79 Å². The smallest absolute Gasteiger partial charge is 0.229 e. The summed E-state index contributed by atoms with van der Waals surface area (Å²) in [6, 6.07) is 41.9. The lowest BCUT2D eigenvalue weighted by molar-refractivity contribution is -0.143. The largest absolute Gasteiger partial charge is 0.287 e. The lowest BCUT2D eigenvalue weighted by Gasteiger charge is -2.47. The molecule has 4 aromatic carbocycles. The van der Waals surface area contributed by atoms with Gasteiger partial charge in [-0.05, 0) is 58.1 Å². The molecule has 216 valence electrons. The summed E-state index contributed by atoms with van der Waals surface area (Å²) in [6.45, 7) is 2.58. The van der Waals surface area contributed by atoms with Crippen molar-refractivity contribution in [2.24, 2.45) is 0 Å². The first-order chi connectivity index (χ1) is 21.1. The van der Waals surface area contributed by atoms with Gasteiger partial charge in [0.05, 0.1) is 18.3 Å². The molecule has 0 aliphatic carbocycles.